The number of rotatable bonds is 7. The summed E-state index contributed by atoms with van der Waals surface area (Å²) in [6.07, 6.45) is 2.18. The molecule has 0 bridgehead atoms. The van der Waals surface area contributed by atoms with Crippen LogP contribution >= 0.6 is 0 Å². The summed E-state index contributed by atoms with van der Waals surface area (Å²) in [6.45, 7) is 10.0. The average Bonchev–Trinajstić information content (AvgIpc) is 2.64. The molecule has 0 saturated carbocycles. The van der Waals surface area contributed by atoms with Crippen molar-refractivity contribution in [2.45, 2.75) is 46.3 Å². The van der Waals surface area contributed by atoms with Crippen LogP contribution in [0.4, 0.5) is 4.79 Å². The second-order valence-electron chi connectivity index (χ2n) is 7.38. The highest BCUT2D eigenvalue weighted by Gasteiger charge is 2.15. The Morgan fingerprint density at radius 3 is 2.61 bits per heavy atom. The Kier molecular flexibility index (Phi) is 8.04. The number of carbonyl (C=O) groups excluding carboxylic acids is 1. The molecule has 1 amide bonds. The van der Waals surface area contributed by atoms with Crippen LogP contribution in [0.2, 0.25) is 0 Å². The summed E-state index contributed by atoms with van der Waals surface area (Å²) >= 11 is 0. The quantitative estimate of drug-likeness (QED) is 0.387. The van der Waals surface area contributed by atoms with E-state index in [1.807, 2.05) is 52.1 Å². The van der Waals surface area contributed by atoms with E-state index < -0.39 is 11.7 Å². The standard InChI is InChI=1S/C21H31N5O2/c1-5-22-19(24-12-8-13-25-20(27)28-21(2,3)4)26-15-18-17-10-7-6-9-16(17)11-14-23-18/h6-7,9-11,14H,5,8,12-13,15H2,1-4H3,(H,25,27)(H2,22,24,26). The summed E-state index contributed by atoms with van der Waals surface area (Å²) < 4.78 is 5.21. The van der Waals surface area contributed by atoms with Gasteiger partial charge in [-0.3, -0.25) is 4.98 Å². The fraction of sp³-hybridized carbons (Fsp3) is 0.476. The molecule has 0 spiro atoms. The van der Waals surface area contributed by atoms with Crippen LogP contribution in [0, 0.1) is 0 Å². The first-order valence-electron chi connectivity index (χ1n) is 9.70. The van der Waals surface area contributed by atoms with E-state index in [1.54, 1.807) is 0 Å². The molecule has 0 atom stereocenters. The second kappa shape index (κ2) is 10.5. The van der Waals surface area contributed by atoms with E-state index in [1.165, 1.54) is 0 Å². The number of benzene rings is 1. The fourth-order valence-corrected chi connectivity index (χ4v) is 2.60. The maximum Gasteiger partial charge on any atom is 0.407 e. The maximum absolute atomic E-state index is 11.6. The third-order valence-electron chi connectivity index (χ3n) is 3.80. The van der Waals surface area contributed by atoms with Gasteiger partial charge < -0.3 is 20.7 Å². The number of aromatic nitrogens is 1. The smallest absolute Gasteiger partial charge is 0.407 e. The molecule has 2 aromatic rings. The van der Waals surface area contributed by atoms with Crippen LogP contribution in [0.1, 0.15) is 39.8 Å². The average molecular weight is 386 g/mol. The van der Waals surface area contributed by atoms with Gasteiger partial charge >= 0.3 is 6.09 Å². The lowest BCUT2D eigenvalue weighted by molar-refractivity contribution is 0.0527. The van der Waals surface area contributed by atoms with Gasteiger partial charge in [0, 0.05) is 31.2 Å². The molecule has 0 aliphatic heterocycles. The molecule has 152 valence electrons. The second-order valence-corrected chi connectivity index (χ2v) is 7.38. The predicted molar refractivity (Wildman–Crippen MR) is 113 cm³/mol. The summed E-state index contributed by atoms with van der Waals surface area (Å²) in [5, 5.41) is 11.5. The Balaban J connectivity index is 1.83. The van der Waals surface area contributed by atoms with Gasteiger partial charge in [-0.1, -0.05) is 24.3 Å². The van der Waals surface area contributed by atoms with Gasteiger partial charge in [0.05, 0.1) is 12.2 Å². The number of amides is 1. The molecular formula is C21H31N5O2. The van der Waals surface area contributed by atoms with Crippen molar-refractivity contribution >= 4 is 22.8 Å². The molecule has 7 nitrogen and oxygen atoms in total. The number of hydrogen-bond donors (Lipinski definition) is 3. The van der Waals surface area contributed by atoms with Crippen molar-refractivity contribution in [2.24, 2.45) is 4.99 Å². The third kappa shape index (κ3) is 7.42. The van der Waals surface area contributed by atoms with Gasteiger partial charge in [-0.2, -0.15) is 0 Å². The maximum atomic E-state index is 11.6. The number of nitrogens with one attached hydrogen (secondary N) is 3. The topological polar surface area (TPSA) is 87.6 Å². The van der Waals surface area contributed by atoms with Gasteiger partial charge in [0.25, 0.3) is 0 Å². The van der Waals surface area contributed by atoms with Gasteiger partial charge in [-0.15, -0.1) is 0 Å². The van der Waals surface area contributed by atoms with Crippen LogP contribution in [-0.4, -0.2) is 42.3 Å². The number of aliphatic imine (C=N–C) groups is 1. The number of carbonyl (C=O) groups is 1. The van der Waals surface area contributed by atoms with Crippen molar-refractivity contribution in [1.29, 1.82) is 0 Å². The first-order chi connectivity index (χ1) is 13.4. The normalized spacial score (nSPS) is 11.9. The van der Waals surface area contributed by atoms with Crippen LogP contribution < -0.4 is 16.0 Å². The number of pyridine rings is 1. The summed E-state index contributed by atoms with van der Waals surface area (Å²) in [5.74, 6) is 0.731. The van der Waals surface area contributed by atoms with Gasteiger partial charge in [0.2, 0.25) is 0 Å². The van der Waals surface area contributed by atoms with Crippen LogP contribution in [-0.2, 0) is 11.3 Å². The molecule has 0 saturated heterocycles. The van der Waals surface area contributed by atoms with Crippen molar-refractivity contribution < 1.29 is 9.53 Å². The minimum absolute atomic E-state index is 0.393. The zero-order valence-electron chi connectivity index (χ0n) is 17.2. The highest BCUT2D eigenvalue weighted by Crippen LogP contribution is 2.16. The molecule has 28 heavy (non-hydrogen) atoms. The summed E-state index contributed by atoms with van der Waals surface area (Å²) in [6, 6.07) is 10.2. The number of guanidine groups is 1. The minimum Gasteiger partial charge on any atom is -0.444 e. The summed E-state index contributed by atoms with van der Waals surface area (Å²) in [4.78, 5) is 20.7. The molecule has 0 radical (unpaired) electrons. The summed E-state index contributed by atoms with van der Waals surface area (Å²) in [7, 11) is 0. The van der Waals surface area contributed by atoms with E-state index in [0.29, 0.717) is 19.6 Å². The lowest BCUT2D eigenvalue weighted by atomic mass is 10.1. The zero-order valence-corrected chi connectivity index (χ0v) is 17.2. The molecule has 1 aromatic carbocycles. The molecule has 7 heteroatoms. The van der Waals surface area contributed by atoms with E-state index in [-0.39, 0.29) is 0 Å². The largest absolute Gasteiger partial charge is 0.444 e. The van der Waals surface area contributed by atoms with Crippen LogP contribution in [0.3, 0.4) is 0 Å². The highest BCUT2D eigenvalue weighted by molar-refractivity contribution is 5.85. The van der Waals surface area contributed by atoms with Crippen molar-refractivity contribution in [3.63, 3.8) is 0 Å². The first-order valence-corrected chi connectivity index (χ1v) is 9.70. The SMILES string of the molecule is CCNC(=NCc1nccc2ccccc12)NCCCNC(=O)OC(C)(C)C. The molecule has 0 aliphatic carbocycles. The Hall–Kier alpha value is -2.83. The minimum atomic E-state index is -0.483. The third-order valence-corrected chi connectivity index (χ3v) is 3.80. The molecule has 1 heterocycles. The fourth-order valence-electron chi connectivity index (χ4n) is 2.60. The van der Waals surface area contributed by atoms with Crippen molar-refractivity contribution in [3.05, 3.63) is 42.2 Å². The highest BCUT2D eigenvalue weighted by atomic mass is 16.6. The van der Waals surface area contributed by atoms with E-state index in [2.05, 4.69) is 38.1 Å². The van der Waals surface area contributed by atoms with Crippen molar-refractivity contribution in [1.82, 2.24) is 20.9 Å². The molecular weight excluding hydrogens is 354 g/mol. The van der Waals surface area contributed by atoms with E-state index in [9.17, 15) is 4.79 Å². The molecule has 0 fully saturated rings. The first kappa shape index (κ1) is 21.5. The van der Waals surface area contributed by atoms with Crippen molar-refractivity contribution in [2.75, 3.05) is 19.6 Å². The predicted octanol–water partition coefficient (Wildman–Crippen LogP) is 3.20. The zero-order chi connectivity index (χ0) is 20.4. The number of alkyl carbamates (subject to hydrolysis) is 1. The Morgan fingerprint density at radius 1 is 1.11 bits per heavy atom. The van der Waals surface area contributed by atoms with Crippen LogP contribution in [0.5, 0.6) is 0 Å². The van der Waals surface area contributed by atoms with Gasteiger partial charge in [-0.25, -0.2) is 9.79 Å². The lowest BCUT2D eigenvalue weighted by Crippen LogP contribution is -2.39. The van der Waals surface area contributed by atoms with Crippen molar-refractivity contribution in [3.8, 4) is 0 Å². The van der Waals surface area contributed by atoms with Gasteiger partial charge in [0.1, 0.15) is 5.60 Å². The number of fused-ring (bicyclic) bond motifs is 1. The Labute approximate surface area is 167 Å². The van der Waals surface area contributed by atoms with E-state index in [4.69, 9.17) is 4.74 Å². The molecule has 1 aromatic heterocycles. The van der Waals surface area contributed by atoms with Gasteiger partial charge in [-0.05, 0) is 45.6 Å². The number of nitrogens with zero attached hydrogens (tertiary/aromatic N) is 2. The monoisotopic (exact) mass is 385 g/mol. The lowest BCUT2D eigenvalue weighted by Gasteiger charge is -2.19. The number of hydrogen-bond acceptors (Lipinski definition) is 4. The van der Waals surface area contributed by atoms with E-state index in [0.717, 1.165) is 35.4 Å². The van der Waals surface area contributed by atoms with E-state index >= 15 is 0 Å². The van der Waals surface area contributed by atoms with Crippen LogP contribution in [0.25, 0.3) is 10.8 Å². The Morgan fingerprint density at radius 2 is 1.86 bits per heavy atom. The molecule has 3 N–H and O–H groups in total. The van der Waals surface area contributed by atoms with Crippen LogP contribution in [0.15, 0.2) is 41.5 Å². The number of ether oxygens (including phenoxy) is 1. The molecule has 0 aliphatic rings. The molecule has 0 unspecified atom stereocenters. The summed E-state index contributed by atoms with van der Waals surface area (Å²) in [5.41, 5.74) is 0.463. The Bertz CT molecular complexity index is 793. The molecule has 2 rings (SSSR count). The van der Waals surface area contributed by atoms with Gasteiger partial charge in [0.15, 0.2) is 5.96 Å².